The molecule has 0 atom stereocenters. The minimum Gasteiger partial charge on any atom is -0.320 e. The number of aryl methyl sites for hydroxylation is 1. The van der Waals surface area contributed by atoms with Gasteiger partial charge in [0.25, 0.3) is 0 Å². The number of hydrogen-bond acceptors (Lipinski definition) is 2. The van der Waals surface area contributed by atoms with Crippen LogP contribution in [0.5, 0.6) is 0 Å². The molecule has 0 spiro atoms. The van der Waals surface area contributed by atoms with Crippen LogP contribution in [-0.4, -0.2) is 11.6 Å². The van der Waals surface area contributed by atoms with Crippen molar-refractivity contribution in [1.82, 2.24) is 4.57 Å². The lowest BCUT2D eigenvalue weighted by molar-refractivity contribution is 0.873. The predicted molar refractivity (Wildman–Crippen MR) is 65.0 cm³/mol. The Morgan fingerprint density at radius 3 is 2.40 bits per heavy atom. The van der Waals surface area contributed by atoms with Crippen molar-refractivity contribution in [2.45, 2.75) is 6.92 Å². The summed E-state index contributed by atoms with van der Waals surface area (Å²) < 4.78 is 2.15. The smallest absolute Gasteiger partial charge is 0.184 e. The van der Waals surface area contributed by atoms with Gasteiger partial charge in [-0.15, -0.1) is 11.3 Å². The zero-order chi connectivity index (χ0) is 10.8. The van der Waals surface area contributed by atoms with E-state index in [4.69, 9.17) is 0 Å². The van der Waals surface area contributed by atoms with Gasteiger partial charge in [-0.2, -0.15) is 0 Å². The Morgan fingerprint density at radius 2 is 1.87 bits per heavy atom. The van der Waals surface area contributed by atoms with E-state index in [1.54, 1.807) is 11.3 Å². The van der Waals surface area contributed by atoms with E-state index in [0.29, 0.717) is 0 Å². The molecule has 2 rings (SSSR count). The third kappa shape index (κ3) is 1.75. The summed E-state index contributed by atoms with van der Waals surface area (Å²) in [5.74, 6) is 0. The molecule has 0 fully saturated rings. The first-order chi connectivity index (χ1) is 7.24. The molecule has 2 nitrogen and oxygen atoms in total. The van der Waals surface area contributed by atoms with E-state index < -0.39 is 0 Å². The molecule has 0 unspecified atom stereocenters. The first-order valence-corrected chi connectivity index (χ1v) is 5.70. The lowest BCUT2D eigenvalue weighted by Gasteiger charge is -2.03. The zero-order valence-corrected chi connectivity index (χ0v) is 10.0. The van der Waals surface area contributed by atoms with Crippen LogP contribution in [0.25, 0.3) is 11.3 Å². The maximum atomic E-state index is 4.26. The highest BCUT2D eigenvalue weighted by Gasteiger charge is 2.08. The second-order valence-electron chi connectivity index (χ2n) is 3.44. The molecule has 0 amide bonds. The molecule has 0 saturated heterocycles. The largest absolute Gasteiger partial charge is 0.320 e. The number of nitrogens with zero attached hydrogens (tertiary/aromatic N) is 2. The van der Waals surface area contributed by atoms with Crippen LogP contribution in [0.15, 0.2) is 35.3 Å². The molecule has 15 heavy (non-hydrogen) atoms. The molecule has 78 valence electrons. The SMILES string of the molecule is CN=c1sc(C)c(-c2ccccc2)n1C. The lowest BCUT2D eigenvalue weighted by Crippen LogP contribution is -2.10. The summed E-state index contributed by atoms with van der Waals surface area (Å²) in [5.41, 5.74) is 2.52. The van der Waals surface area contributed by atoms with Gasteiger partial charge < -0.3 is 4.57 Å². The molecular formula is C12H14N2S. The molecule has 0 N–H and O–H groups in total. The van der Waals surface area contributed by atoms with Crippen LogP contribution in [-0.2, 0) is 7.05 Å². The Kier molecular flexibility index (Phi) is 2.73. The number of benzene rings is 1. The maximum Gasteiger partial charge on any atom is 0.184 e. The first-order valence-electron chi connectivity index (χ1n) is 4.88. The number of hydrogen-bond donors (Lipinski definition) is 0. The van der Waals surface area contributed by atoms with Crippen molar-refractivity contribution in [3.63, 3.8) is 0 Å². The maximum absolute atomic E-state index is 4.26. The van der Waals surface area contributed by atoms with Crippen LogP contribution in [0.1, 0.15) is 4.88 Å². The van der Waals surface area contributed by atoms with E-state index in [1.165, 1.54) is 16.1 Å². The van der Waals surface area contributed by atoms with Crippen molar-refractivity contribution in [3.8, 4) is 11.3 Å². The minimum absolute atomic E-state index is 1.06. The van der Waals surface area contributed by atoms with Crippen LogP contribution in [0.4, 0.5) is 0 Å². The number of aromatic nitrogens is 1. The van der Waals surface area contributed by atoms with Gasteiger partial charge in [-0.25, -0.2) is 0 Å². The Hall–Kier alpha value is -1.35. The summed E-state index contributed by atoms with van der Waals surface area (Å²) in [6, 6.07) is 10.4. The monoisotopic (exact) mass is 218 g/mol. The summed E-state index contributed by atoms with van der Waals surface area (Å²) in [5, 5.41) is 0. The fraction of sp³-hybridized carbons (Fsp3) is 0.250. The molecule has 0 aliphatic rings. The summed E-state index contributed by atoms with van der Waals surface area (Å²) in [6.07, 6.45) is 0. The van der Waals surface area contributed by atoms with Crippen LogP contribution < -0.4 is 4.80 Å². The molecular weight excluding hydrogens is 204 g/mol. The Balaban J connectivity index is 2.69. The van der Waals surface area contributed by atoms with Crippen molar-refractivity contribution in [2.24, 2.45) is 12.0 Å². The van der Waals surface area contributed by atoms with E-state index in [-0.39, 0.29) is 0 Å². The Morgan fingerprint density at radius 1 is 1.20 bits per heavy atom. The number of thiazole rings is 1. The molecule has 2 aromatic rings. The van der Waals surface area contributed by atoms with Crippen LogP contribution >= 0.6 is 11.3 Å². The van der Waals surface area contributed by atoms with E-state index >= 15 is 0 Å². The molecule has 1 heterocycles. The zero-order valence-electron chi connectivity index (χ0n) is 9.19. The van der Waals surface area contributed by atoms with Gasteiger partial charge in [-0.3, -0.25) is 4.99 Å². The Bertz CT molecular complexity index is 520. The van der Waals surface area contributed by atoms with Gasteiger partial charge in [0.2, 0.25) is 0 Å². The highest BCUT2D eigenvalue weighted by atomic mass is 32.1. The van der Waals surface area contributed by atoms with Crippen molar-refractivity contribution in [3.05, 3.63) is 40.0 Å². The van der Waals surface area contributed by atoms with E-state index in [0.717, 1.165) is 4.80 Å². The van der Waals surface area contributed by atoms with Crippen molar-refractivity contribution in [2.75, 3.05) is 7.05 Å². The molecule has 0 aliphatic heterocycles. The molecule has 0 radical (unpaired) electrons. The molecule has 1 aromatic carbocycles. The van der Waals surface area contributed by atoms with Gasteiger partial charge in [0, 0.05) is 19.0 Å². The second kappa shape index (κ2) is 4.03. The quantitative estimate of drug-likeness (QED) is 0.700. The van der Waals surface area contributed by atoms with Gasteiger partial charge in [0.1, 0.15) is 0 Å². The number of rotatable bonds is 1. The van der Waals surface area contributed by atoms with E-state index in [2.05, 4.69) is 47.8 Å². The standard InChI is InChI=1S/C12H14N2S/c1-9-11(10-7-5-4-6-8-10)14(3)12(13-2)15-9/h4-8H,1-3H3. The molecule has 0 bridgehead atoms. The summed E-state index contributed by atoms with van der Waals surface area (Å²) in [7, 11) is 3.90. The van der Waals surface area contributed by atoms with Crippen molar-refractivity contribution < 1.29 is 0 Å². The van der Waals surface area contributed by atoms with Crippen molar-refractivity contribution in [1.29, 1.82) is 0 Å². The summed E-state index contributed by atoms with van der Waals surface area (Å²) in [4.78, 5) is 6.63. The third-order valence-corrected chi connectivity index (χ3v) is 3.58. The van der Waals surface area contributed by atoms with Gasteiger partial charge in [0.05, 0.1) is 5.69 Å². The highest BCUT2D eigenvalue weighted by molar-refractivity contribution is 7.09. The predicted octanol–water partition coefficient (Wildman–Crippen LogP) is 2.59. The molecule has 1 aromatic heterocycles. The van der Waals surface area contributed by atoms with Crippen LogP contribution in [0.2, 0.25) is 0 Å². The summed E-state index contributed by atoms with van der Waals surface area (Å²) in [6.45, 7) is 2.14. The normalized spacial score (nSPS) is 12.1. The first kappa shape index (κ1) is 10.2. The average molecular weight is 218 g/mol. The van der Waals surface area contributed by atoms with E-state index in [9.17, 15) is 0 Å². The highest BCUT2D eigenvalue weighted by Crippen LogP contribution is 2.23. The van der Waals surface area contributed by atoms with Gasteiger partial charge in [-0.1, -0.05) is 30.3 Å². The third-order valence-electron chi connectivity index (χ3n) is 2.44. The molecule has 0 aliphatic carbocycles. The van der Waals surface area contributed by atoms with Gasteiger partial charge >= 0.3 is 0 Å². The van der Waals surface area contributed by atoms with E-state index in [1.807, 2.05) is 13.1 Å². The minimum atomic E-state index is 1.06. The summed E-state index contributed by atoms with van der Waals surface area (Å²) >= 11 is 1.73. The van der Waals surface area contributed by atoms with Crippen molar-refractivity contribution >= 4 is 11.3 Å². The fourth-order valence-electron chi connectivity index (χ4n) is 1.77. The lowest BCUT2D eigenvalue weighted by atomic mass is 10.1. The fourth-order valence-corrected chi connectivity index (χ4v) is 2.72. The topological polar surface area (TPSA) is 17.3 Å². The van der Waals surface area contributed by atoms with Crippen LogP contribution in [0, 0.1) is 6.92 Å². The average Bonchev–Trinajstić information content (AvgIpc) is 2.55. The van der Waals surface area contributed by atoms with Crippen LogP contribution in [0.3, 0.4) is 0 Å². The molecule has 3 heteroatoms. The second-order valence-corrected chi connectivity index (χ2v) is 4.62. The van der Waals surface area contributed by atoms with Gasteiger partial charge in [-0.05, 0) is 12.5 Å². The Labute approximate surface area is 93.5 Å². The molecule has 0 saturated carbocycles. The van der Waals surface area contributed by atoms with Gasteiger partial charge in [0.15, 0.2) is 4.80 Å².